The lowest BCUT2D eigenvalue weighted by Gasteiger charge is -2.41. The highest BCUT2D eigenvalue weighted by molar-refractivity contribution is 9.10. The van der Waals surface area contributed by atoms with Crippen molar-refractivity contribution in [3.8, 4) is 0 Å². The molecule has 2 rings (SSSR count). The van der Waals surface area contributed by atoms with Gasteiger partial charge in [0.05, 0.1) is 17.4 Å². The number of alkyl carbamates (subject to hydrolysis) is 1. The van der Waals surface area contributed by atoms with Gasteiger partial charge in [-0.2, -0.15) is 0 Å². The molecule has 0 aromatic heterocycles. The van der Waals surface area contributed by atoms with Crippen LogP contribution in [0.25, 0.3) is 0 Å². The number of rotatable bonds is 6. The van der Waals surface area contributed by atoms with Gasteiger partial charge in [-0.25, -0.2) is 4.79 Å². The molecular weight excluding hydrogens is 447 g/mol. The van der Waals surface area contributed by atoms with Gasteiger partial charge in [-0.05, 0) is 25.0 Å². The molecule has 0 saturated heterocycles. The first kappa shape index (κ1) is 21.3. The Balaban J connectivity index is 1.95. The van der Waals surface area contributed by atoms with E-state index < -0.39 is 27.3 Å². The summed E-state index contributed by atoms with van der Waals surface area (Å²) in [7, 11) is 1.54. The predicted octanol–water partition coefficient (Wildman–Crippen LogP) is 3.51. The molecule has 2 amide bonds. The van der Waals surface area contributed by atoms with Crippen LogP contribution in [-0.2, 0) is 14.3 Å². The molecule has 1 aliphatic carbocycles. The van der Waals surface area contributed by atoms with Crippen LogP contribution in [0.3, 0.4) is 0 Å². The van der Waals surface area contributed by atoms with Gasteiger partial charge in [0.1, 0.15) is 10.4 Å². The van der Waals surface area contributed by atoms with E-state index in [2.05, 4.69) is 26.6 Å². The van der Waals surface area contributed by atoms with E-state index in [0.717, 1.165) is 0 Å². The molecule has 0 bridgehead atoms. The van der Waals surface area contributed by atoms with E-state index in [-0.39, 0.29) is 5.91 Å². The number of halogens is 3. The number of carbonyl (C=O) groups is 2. The number of para-hydroxylation sites is 1. The van der Waals surface area contributed by atoms with Gasteiger partial charge in [-0.15, -0.1) is 23.2 Å². The Labute approximate surface area is 171 Å². The molecule has 1 aliphatic rings. The number of benzene rings is 1. The smallest absolute Gasteiger partial charge is 0.407 e. The van der Waals surface area contributed by atoms with E-state index in [1.54, 1.807) is 12.1 Å². The number of nitrogens with one attached hydrogen (secondary N) is 2. The highest BCUT2D eigenvalue weighted by Crippen LogP contribution is 2.43. The zero-order valence-electron chi connectivity index (χ0n) is 14.2. The Kier molecular flexibility index (Phi) is 8.01. The minimum atomic E-state index is -1.05. The van der Waals surface area contributed by atoms with Crippen molar-refractivity contribution >= 4 is 56.8 Å². The fourth-order valence-electron chi connectivity index (χ4n) is 2.64. The van der Waals surface area contributed by atoms with Crippen LogP contribution in [0.4, 0.5) is 10.5 Å². The van der Waals surface area contributed by atoms with E-state index in [4.69, 9.17) is 32.7 Å². The molecule has 0 spiro atoms. The molecule has 6 nitrogen and oxygen atoms in total. The van der Waals surface area contributed by atoms with Crippen LogP contribution >= 0.6 is 39.1 Å². The van der Waals surface area contributed by atoms with Crippen molar-refractivity contribution in [1.82, 2.24) is 5.32 Å². The molecule has 1 aromatic carbocycles. The first-order valence-corrected chi connectivity index (χ1v) is 9.82. The van der Waals surface area contributed by atoms with Crippen molar-refractivity contribution in [2.45, 2.75) is 34.0 Å². The molecule has 0 heterocycles. The van der Waals surface area contributed by atoms with Crippen molar-refractivity contribution < 1.29 is 19.1 Å². The fourth-order valence-corrected chi connectivity index (χ4v) is 4.17. The summed E-state index contributed by atoms with van der Waals surface area (Å²) in [5.41, 5.74) is 0.669. The normalized spacial score (nSPS) is 28.2. The largest absolute Gasteiger partial charge is 0.445 e. The number of hydrogen-bond donors (Lipinski definition) is 2. The van der Waals surface area contributed by atoms with Gasteiger partial charge in [0.2, 0.25) is 5.91 Å². The van der Waals surface area contributed by atoms with E-state index in [0.29, 0.717) is 31.7 Å². The molecule has 26 heavy (non-hydrogen) atoms. The van der Waals surface area contributed by atoms with Crippen molar-refractivity contribution in [1.29, 1.82) is 0 Å². The number of alkyl halides is 3. The topological polar surface area (TPSA) is 76.7 Å². The van der Waals surface area contributed by atoms with Crippen LogP contribution in [0.5, 0.6) is 0 Å². The summed E-state index contributed by atoms with van der Waals surface area (Å²) in [6.45, 7) is 0.716. The summed E-state index contributed by atoms with van der Waals surface area (Å²) in [5, 5.41) is 3.91. The molecule has 144 valence electrons. The summed E-state index contributed by atoms with van der Waals surface area (Å²) in [4.78, 5) is 24.5. The summed E-state index contributed by atoms with van der Waals surface area (Å²) in [6, 6.07) is 9.08. The van der Waals surface area contributed by atoms with Crippen LogP contribution in [0.1, 0.15) is 12.8 Å². The second-order valence-corrected chi connectivity index (χ2v) is 8.32. The molecule has 1 saturated carbocycles. The van der Waals surface area contributed by atoms with E-state index >= 15 is 0 Å². The summed E-state index contributed by atoms with van der Waals surface area (Å²) >= 11 is 16.3. The lowest BCUT2D eigenvalue weighted by atomic mass is 9.85. The van der Waals surface area contributed by atoms with Crippen LogP contribution < -0.4 is 10.6 Å². The van der Waals surface area contributed by atoms with Crippen molar-refractivity contribution in [2.75, 3.05) is 25.6 Å². The monoisotopic (exact) mass is 466 g/mol. The average Bonchev–Trinajstić information content (AvgIpc) is 2.63. The summed E-state index contributed by atoms with van der Waals surface area (Å²) in [5.74, 6) is -0.280. The quantitative estimate of drug-likeness (QED) is 0.495. The number of ether oxygens (including phenoxy) is 2. The highest BCUT2D eigenvalue weighted by atomic mass is 79.9. The van der Waals surface area contributed by atoms with Crippen LogP contribution in [-0.4, -0.2) is 53.4 Å². The SMILES string of the molecule is COCCNC(=O)OC1CCC(Br)(C(=O)Nc2ccccc2)C(Cl)C1Cl. The molecule has 4 unspecified atom stereocenters. The Morgan fingerprint density at radius 3 is 2.65 bits per heavy atom. The zero-order chi connectivity index (χ0) is 19.2. The fraction of sp³-hybridized carbons (Fsp3) is 0.529. The Morgan fingerprint density at radius 2 is 2.00 bits per heavy atom. The van der Waals surface area contributed by atoms with Gasteiger partial charge < -0.3 is 20.1 Å². The number of anilines is 1. The van der Waals surface area contributed by atoms with Gasteiger partial charge in [0.15, 0.2) is 0 Å². The van der Waals surface area contributed by atoms with E-state index in [1.807, 2.05) is 18.2 Å². The number of amides is 2. The maximum Gasteiger partial charge on any atom is 0.407 e. The average molecular weight is 468 g/mol. The number of methoxy groups -OCH3 is 1. The number of carbonyl (C=O) groups excluding carboxylic acids is 2. The molecule has 1 fully saturated rings. The Bertz CT molecular complexity index is 622. The third-order valence-corrected chi connectivity index (χ3v) is 6.93. The lowest BCUT2D eigenvalue weighted by molar-refractivity contribution is -0.119. The Morgan fingerprint density at radius 1 is 1.31 bits per heavy atom. The van der Waals surface area contributed by atoms with Crippen LogP contribution in [0.15, 0.2) is 30.3 Å². The summed E-state index contributed by atoms with van der Waals surface area (Å²) in [6.07, 6.45) is -0.393. The Hall–Kier alpha value is -1.02. The molecule has 9 heteroatoms. The van der Waals surface area contributed by atoms with Crippen molar-refractivity contribution in [3.63, 3.8) is 0 Å². The minimum Gasteiger partial charge on any atom is -0.445 e. The van der Waals surface area contributed by atoms with Crippen LogP contribution in [0.2, 0.25) is 0 Å². The van der Waals surface area contributed by atoms with Crippen molar-refractivity contribution in [3.05, 3.63) is 30.3 Å². The standard InChI is InChI=1S/C17H21BrCl2N2O4/c1-25-10-9-21-16(24)26-12-7-8-17(18,14(20)13(12)19)15(23)22-11-5-3-2-4-6-11/h2-6,12-14H,7-10H2,1H3,(H,21,24)(H,22,23). The van der Waals surface area contributed by atoms with Gasteiger partial charge in [0.25, 0.3) is 0 Å². The zero-order valence-corrected chi connectivity index (χ0v) is 17.3. The molecule has 0 aliphatic heterocycles. The second-order valence-electron chi connectivity index (χ2n) is 5.93. The van der Waals surface area contributed by atoms with E-state index in [9.17, 15) is 9.59 Å². The van der Waals surface area contributed by atoms with Gasteiger partial charge in [-0.3, -0.25) is 4.79 Å². The maximum atomic E-state index is 12.7. The molecular formula is C17H21BrCl2N2O4. The third kappa shape index (κ3) is 5.25. The van der Waals surface area contributed by atoms with Gasteiger partial charge in [0, 0.05) is 19.3 Å². The van der Waals surface area contributed by atoms with Crippen molar-refractivity contribution in [2.24, 2.45) is 0 Å². The predicted molar refractivity (Wildman–Crippen MR) is 105 cm³/mol. The van der Waals surface area contributed by atoms with Gasteiger partial charge >= 0.3 is 6.09 Å². The third-order valence-electron chi connectivity index (χ3n) is 4.11. The minimum absolute atomic E-state index is 0.280. The summed E-state index contributed by atoms with van der Waals surface area (Å²) < 4.78 is 9.14. The molecule has 0 radical (unpaired) electrons. The number of hydrogen-bond acceptors (Lipinski definition) is 4. The second kappa shape index (κ2) is 9.78. The molecule has 1 aromatic rings. The first-order chi connectivity index (χ1) is 12.4. The first-order valence-electron chi connectivity index (χ1n) is 8.15. The van der Waals surface area contributed by atoms with Crippen LogP contribution in [0, 0.1) is 0 Å². The highest BCUT2D eigenvalue weighted by Gasteiger charge is 2.52. The van der Waals surface area contributed by atoms with Gasteiger partial charge in [-0.1, -0.05) is 34.1 Å². The lowest BCUT2D eigenvalue weighted by Crippen LogP contribution is -2.56. The molecule has 4 atom stereocenters. The maximum absolute atomic E-state index is 12.7. The molecule has 2 N–H and O–H groups in total. The van der Waals surface area contributed by atoms with E-state index in [1.165, 1.54) is 7.11 Å².